The van der Waals surface area contributed by atoms with Crippen LogP contribution >= 0.6 is 15.9 Å². The fourth-order valence-electron chi connectivity index (χ4n) is 2.47. The number of halogens is 2. The molecular weight excluding hydrogens is 339 g/mol. The molecule has 0 spiro atoms. The third-order valence-electron chi connectivity index (χ3n) is 3.60. The van der Waals surface area contributed by atoms with E-state index in [1.807, 2.05) is 0 Å². The highest BCUT2D eigenvalue weighted by Crippen LogP contribution is 2.42. The highest BCUT2D eigenvalue weighted by Gasteiger charge is 2.28. The fraction of sp³-hybridized carbons (Fsp3) is 0.250. The van der Waals surface area contributed by atoms with E-state index in [0.717, 1.165) is 11.1 Å². The molecule has 0 bridgehead atoms. The molecule has 1 aliphatic heterocycles. The molecule has 5 heteroatoms. The molecule has 2 atom stereocenters. The molecule has 0 saturated heterocycles. The van der Waals surface area contributed by atoms with Crippen LogP contribution < -0.4 is 9.47 Å². The van der Waals surface area contributed by atoms with E-state index in [1.54, 1.807) is 37.4 Å². The highest BCUT2D eigenvalue weighted by atomic mass is 79.9. The lowest BCUT2D eigenvalue weighted by molar-refractivity contribution is 0.0654. The lowest BCUT2D eigenvalue weighted by Crippen LogP contribution is -2.19. The predicted molar refractivity (Wildman–Crippen MR) is 80.0 cm³/mol. The fourth-order valence-corrected chi connectivity index (χ4v) is 2.86. The molecule has 110 valence electrons. The second-order valence-corrected chi connectivity index (χ2v) is 5.79. The molecule has 2 unspecified atom stereocenters. The number of rotatable bonds is 2. The first kappa shape index (κ1) is 14.4. The molecule has 0 aliphatic carbocycles. The Kier molecular flexibility index (Phi) is 3.87. The lowest BCUT2D eigenvalue weighted by Gasteiger charge is -2.30. The predicted octanol–water partition coefficient (Wildman–Crippen LogP) is 4.15. The van der Waals surface area contributed by atoms with Gasteiger partial charge < -0.3 is 14.6 Å². The van der Waals surface area contributed by atoms with Gasteiger partial charge in [-0.05, 0) is 45.8 Å². The van der Waals surface area contributed by atoms with Crippen molar-refractivity contribution in [2.75, 3.05) is 7.11 Å². The first-order valence-electron chi connectivity index (χ1n) is 6.56. The summed E-state index contributed by atoms with van der Waals surface area (Å²) >= 11 is 3.17. The number of fused-ring (bicyclic) bond motifs is 1. The zero-order valence-corrected chi connectivity index (χ0v) is 12.9. The van der Waals surface area contributed by atoms with Crippen LogP contribution in [0, 0.1) is 5.82 Å². The van der Waals surface area contributed by atoms with Gasteiger partial charge in [-0.2, -0.15) is 0 Å². The van der Waals surface area contributed by atoms with Gasteiger partial charge in [0.05, 0.1) is 17.7 Å². The Morgan fingerprint density at radius 2 is 2.10 bits per heavy atom. The topological polar surface area (TPSA) is 38.7 Å². The molecule has 2 aromatic rings. The van der Waals surface area contributed by atoms with Crippen LogP contribution in [0.3, 0.4) is 0 Å². The standard InChI is InChI=1S/C16H14BrFO3/c1-20-10-3-4-11-14(19)8-15(21-16(11)7-10)9-2-5-13(18)12(17)6-9/h2-7,14-15,19H,8H2,1H3. The minimum Gasteiger partial charge on any atom is -0.497 e. The molecule has 21 heavy (non-hydrogen) atoms. The van der Waals surface area contributed by atoms with Crippen LogP contribution in [0.1, 0.15) is 29.8 Å². The number of ether oxygens (including phenoxy) is 2. The maximum atomic E-state index is 13.3. The summed E-state index contributed by atoms with van der Waals surface area (Å²) in [4.78, 5) is 0. The Balaban J connectivity index is 1.94. The minimum absolute atomic E-state index is 0.322. The molecule has 1 aliphatic rings. The Morgan fingerprint density at radius 3 is 2.81 bits per heavy atom. The van der Waals surface area contributed by atoms with Crippen molar-refractivity contribution in [1.29, 1.82) is 0 Å². The smallest absolute Gasteiger partial charge is 0.137 e. The molecule has 0 aromatic heterocycles. The van der Waals surface area contributed by atoms with Crippen molar-refractivity contribution in [3.8, 4) is 11.5 Å². The number of benzene rings is 2. The third kappa shape index (κ3) is 2.76. The van der Waals surface area contributed by atoms with Gasteiger partial charge in [-0.1, -0.05) is 6.07 Å². The maximum absolute atomic E-state index is 13.3. The van der Waals surface area contributed by atoms with E-state index in [0.29, 0.717) is 22.4 Å². The number of methoxy groups -OCH3 is 1. The second-order valence-electron chi connectivity index (χ2n) is 4.94. The summed E-state index contributed by atoms with van der Waals surface area (Å²) in [7, 11) is 1.58. The number of aliphatic hydroxyl groups is 1. The van der Waals surface area contributed by atoms with Crippen LogP contribution in [0.25, 0.3) is 0 Å². The molecule has 0 radical (unpaired) electrons. The monoisotopic (exact) mass is 352 g/mol. The summed E-state index contributed by atoms with van der Waals surface area (Å²) < 4.78 is 24.8. The van der Waals surface area contributed by atoms with Crippen LogP contribution in [-0.2, 0) is 0 Å². The lowest BCUT2D eigenvalue weighted by atomic mass is 9.95. The molecule has 0 fully saturated rings. The summed E-state index contributed by atoms with van der Waals surface area (Å²) in [6, 6.07) is 10.1. The van der Waals surface area contributed by atoms with E-state index in [2.05, 4.69) is 15.9 Å². The van der Waals surface area contributed by atoms with Gasteiger partial charge in [-0.3, -0.25) is 0 Å². The van der Waals surface area contributed by atoms with Crippen LogP contribution in [0.4, 0.5) is 4.39 Å². The quantitative estimate of drug-likeness (QED) is 0.882. The second kappa shape index (κ2) is 5.66. The van der Waals surface area contributed by atoms with Crippen molar-refractivity contribution < 1.29 is 19.0 Å². The van der Waals surface area contributed by atoms with E-state index in [4.69, 9.17) is 9.47 Å². The summed E-state index contributed by atoms with van der Waals surface area (Å²) in [5.41, 5.74) is 1.56. The highest BCUT2D eigenvalue weighted by molar-refractivity contribution is 9.10. The van der Waals surface area contributed by atoms with Crippen molar-refractivity contribution >= 4 is 15.9 Å². The molecule has 0 saturated carbocycles. The molecule has 1 heterocycles. The first-order valence-corrected chi connectivity index (χ1v) is 7.35. The summed E-state index contributed by atoms with van der Waals surface area (Å²) in [5.74, 6) is 0.942. The van der Waals surface area contributed by atoms with Crippen LogP contribution in [0.2, 0.25) is 0 Å². The van der Waals surface area contributed by atoms with E-state index >= 15 is 0 Å². The average Bonchev–Trinajstić information content (AvgIpc) is 2.49. The van der Waals surface area contributed by atoms with Crippen LogP contribution in [0.5, 0.6) is 11.5 Å². The minimum atomic E-state index is -0.617. The first-order chi connectivity index (χ1) is 10.1. The molecule has 2 aromatic carbocycles. The van der Waals surface area contributed by atoms with Gasteiger partial charge >= 0.3 is 0 Å². The van der Waals surface area contributed by atoms with E-state index in [1.165, 1.54) is 6.07 Å². The molecular formula is C16H14BrFO3. The van der Waals surface area contributed by atoms with Gasteiger partial charge in [0.15, 0.2) is 0 Å². The van der Waals surface area contributed by atoms with Gasteiger partial charge in [-0.25, -0.2) is 4.39 Å². The van der Waals surface area contributed by atoms with Crippen LogP contribution in [0.15, 0.2) is 40.9 Å². The van der Waals surface area contributed by atoms with Crippen molar-refractivity contribution in [3.63, 3.8) is 0 Å². The Bertz CT molecular complexity index is 675. The Labute approximate surface area is 130 Å². The summed E-state index contributed by atoms with van der Waals surface area (Å²) in [6.07, 6.45) is -0.512. The zero-order valence-electron chi connectivity index (χ0n) is 11.3. The number of aliphatic hydroxyl groups excluding tert-OH is 1. The SMILES string of the molecule is COc1ccc2c(c1)OC(c1ccc(F)c(Br)c1)CC2O. The normalized spacial score (nSPS) is 20.6. The van der Waals surface area contributed by atoms with Crippen molar-refractivity contribution in [2.45, 2.75) is 18.6 Å². The maximum Gasteiger partial charge on any atom is 0.137 e. The summed E-state index contributed by atoms with van der Waals surface area (Å²) in [6.45, 7) is 0. The van der Waals surface area contributed by atoms with Gasteiger partial charge in [0.25, 0.3) is 0 Å². The summed E-state index contributed by atoms with van der Waals surface area (Å²) in [5, 5.41) is 10.3. The van der Waals surface area contributed by atoms with E-state index in [9.17, 15) is 9.50 Å². The molecule has 3 rings (SSSR count). The molecule has 1 N–H and O–H groups in total. The van der Waals surface area contributed by atoms with Gasteiger partial charge in [0.1, 0.15) is 23.4 Å². The van der Waals surface area contributed by atoms with Gasteiger partial charge in [0, 0.05) is 18.1 Å². The molecule has 0 amide bonds. The van der Waals surface area contributed by atoms with E-state index in [-0.39, 0.29) is 11.9 Å². The van der Waals surface area contributed by atoms with Gasteiger partial charge in [0.2, 0.25) is 0 Å². The largest absolute Gasteiger partial charge is 0.497 e. The number of hydrogen-bond donors (Lipinski definition) is 1. The van der Waals surface area contributed by atoms with Crippen molar-refractivity contribution in [1.82, 2.24) is 0 Å². The van der Waals surface area contributed by atoms with Crippen molar-refractivity contribution in [2.24, 2.45) is 0 Å². The van der Waals surface area contributed by atoms with Crippen molar-refractivity contribution in [3.05, 3.63) is 57.8 Å². The average molecular weight is 353 g/mol. The number of hydrogen-bond acceptors (Lipinski definition) is 3. The third-order valence-corrected chi connectivity index (χ3v) is 4.21. The molecule has 3 nitrogen and oxygen atoms in total. The Morgan fingerprint density at radius 1 is 1.29 bits per heavy atom. The Hall–Kier alpha value is -1.59. The zero-order chi connectivity index (χ0) is 15.0. The van der Waals surface area contributed by atoms with Gasteiger partial charge in [-0.15, -0.1) is 0 Å². The van der Waals surface area contributed by atoms with Crippen LogP contribution in [-0.4, -0.2) is 12.2 Å². The van der Waals surface area contributed by atoms with E-state index < -0.39 is 6.10 Å².